The van der Waals surface area contributed by atoms with Crippen molar-refractivity contribution in [2.75, 3.05) is 5.32 Å². The second kappa shape index (κ2) is 7.59. The molecule has 4 aromatic rings. The van der Waals surface area contributed by atoms with Crippen LogP contribution in [0.5, 0.6) is 5.75 Å². The molecular formula is C26H26N2O. The van der Waals surface area contributed by atoms with E-state index >= 15 is 0 Å². The Bertz CT molecular complexity index is 1160. The summed E-state index contributed by atoms with van der Waals surface area (Å²) in [7, 11) is 0. The van der Waals surface area contributed by atoms with Gasteiger partial charge in [0.15, 0.2) is 0 Å². The second-order valence-electron chi connectivity index (χ2n) is 7.79. The highest BCUT2D eigenvalue weighted by Crippen LogP contribution is 2.38. The van der Waals surface area contributed by atoms with Crippen LogP contribution in [0.1, 0.15) is 39.6 Å². The lowest BCUT2D eigenvalue weighted by Crippen LogP contribution is -2.14. The predicted octanol–water partition coefficient (Wildman–Crippen LogP) is 6.38. The van der Waals surface area contributed by atoms with Gasteiger partial charge in [-0.25, -0.2) is 4.98 Å². The highest BCUT2D eigenvalue weighted by Gasteiger charge is 2.21. The van der Waals surface area contributed by atoms with Crippen molar-refractivity contribution in [2.45, 2.75) is 33.7 Å². The van der Waals surface area contributed by atoms with Gasteiger partial charge in [-0.1, -0.05) is 66.2 Å². The molecule has 0 saturated heterocycles. The highest BCUT2D eigenvalue weighted by molar-refractivity contribution is 5.86. The lowest BCUT2D eigenvalue weighted by atomic mass is 9.94. The maximum Gasteiger partial charge on any atom is 0.147 e. The average Bonchev–Trinajstić information content (AvgIpc) is 2.69. The van der Waals surface area contributed by atoms with Crippen LogP contribution in [0.15, 0.2) is 66.7 Å². The first-order chi connectivity index (χ1) is 13.9. The van der Waals surface area contributed by atoms with E-state index in [2.05, 4.69) is 55.3 Å². The number of fused-ring (bicyclic) bond motifs is 1. The highest BCUT2D eigenvalue weighted by atomic mass is 16.3. The number of aromatic nitrogens is 1. The molecule has 0 saturated carbocycles. The van der Waals surface area contributed by atoms with Crippen molar-refractivity contribution in [3.05, 3.63) is 100 Å². The van der Waals surface area contributed by atoms with Crippen molar-refractivity contribution in [1.29, 1.82) is 0 Å². The Balaban J connectivity index is 1.89. The summed E-state index contributed by atoms with van der Waals surface area (Å²) >= 11 is 0. The van der Waals surface area contributed by atoms with Crippen LogP contribution in [-0.4, -0.2) is 10.1 Å². The fourth-order valence-corrected chi connectivity index (χ4v) is 4.06. The molecule has 3 heteroatoms. The summed E-state index contributed by atoms with van der Waals surface area (Å²) in [6.45, 7) is 8.30. The Hall–Kier alpha value is -3.33. The van der Waals surface area contributed by atoms with Gasteiger partial charge in [0, 0.05) is 22.3 Å². The Kier molecular flexibility index (Phi) is 4.98. The first-order valence-corrected chi connectivity index (χ1v) is 9.92. The number of nitrogens with one attached hydrogen (secondary N) is 1. The Labute approximate surface area is 172 Å². The number of phenolic OH excluding ortho intramolecular Hbond substituents is 1. The first kappa shape index (κ1) is 19.0. The lowest BCUT2D eigenvalue weighted by Gasteiger charge is -2.25. The Morgan fingerprint density at radius 2 is 1.48 bits per heavy atom. The Morgan fingerprint density at radius 1 is 0.828 bits per heavy atom. The van der Waals surface area contributed by atoms with Crippen molar-refractivity contribution >= 4 is 16.6 Å². The van der Waals surface area contributed by atoms with E-state index in [0.717, 1.165) is 27.9 Å². The molecule has 146 valence electrons. The zero-order valence-electron chi connectivity index (χ0n) is 17.3. The molecule has 4 rings (SSSR count). The zero-order valence-corrected chi connectivity index (χ0v) is 17.3. The number of aromatic hydroxyl groups is 1. The van der Waals surface area contributed by atoms with Gasteiger partial charge in [0.05, 0.1) is 6.04 Å². The van der Waals surface area contributed by atoms with E-state index in [0.29, 0.717) is 5.52 Å². The quantitative estimate of drug-likeness (QED) is 0.431. The standard InChI is InChI=1S/C26H26N2O/c1-16-14-17(2)23(18(3)15-16)28-24(20-8-6-5-7-9-20)22-13-12-21-11-10-19(4)27-25(21)26(22)29/h5-15,24,28-29H,1-4H3. The van der Waals surface area contributed by atoms with Crippen LogP contribution in [0.4, 0.5) is 5.69 Å². The van der Waals surface area contributed by atoms with Gasteiger partial charge in [-0.2, -0.15) is 0 Å². The van der Waals surface area contributed by atoms with Gasteiger partial charge < -0.3 is 10.4 Å². The topological polar surface area (TPSA) is 45.2 Å². The number of hydrogen-bond acceptors (Lipinski definition) is 3. The van der Waals surface area contributed by atoms with Crippen LogP contribution >= 0.6 is 0 Å². The third-order valence-electron chi connectivity index (χ3n) is 5.42. The van der Waals surface area contributed by atoms with Gasteiger partial charge in [-0.3, -0.25) is 0 Å². The molecule has 0 aliphatic carbocycles. The normalized spacial score (nSPS) is 12.1. The summed E-state index contributed by atoms with van der Waals surface area (Å²) in [6, 6.07) is 22.4. The van der Waals surface area contributed by atoms with Crippen molar-refractivity contribution in [1.82, 2.24) is 4.98 Å². The van der Waals surface area contributed by atoms with Crippen molar-refractivity contribution in [3.63, 3.8) is 0 Å². The third-order valence-corrected chi connectivity index (χ3v) is 5.42. The second-order valence-corrected chi connectivity index (χ2v) is 7.79. The van der Waals surface area contributed by atoms with Crippen molar-refractivity contribution in [3.8, 4) is 5.75 Å². The molecule has 0 amide bonds. The molecule has 1 atom stereocenters. The molecule has 2 N–H and O–H groups in total. The lowest BCUT2D eigenvalue weighted by molar-refractivity contribution is 0.471. The maximum absolute atomic E-state index is 11.2. The zero-order chi connectivity index (χ0) is 20.5. The van der Waals surface area contributed by atoms with Crippen LogP contribution < -0.4 is 5.32 Å². The minimum absolute atomic E-state index is 0.192. The molecular weight excluding hydrogens is 356 g/mol. The summed E-state index contributed by atoms with van der Waals surface area (Å²) in [5.41, 5.74) is 8.17. The van der Waals surface area contributed by atoms with E-state index in [1.807, 2.05) is 49.4 Å². The van der Waals surface area contributed by atoms with Crippen LogP contribution in [-0.2, 0) is 0 Å². The fraction of sp³-hybridized carbons (Fsp3) is 0.192. The number of nitrogens with zero attached hydrogens (tertiary/aromatic N) is 1. The number of benzene rings is 3. The van der Waals surface area contributed by atoms with Crippen LogP contribution in [0.2, 0.25) is 0 Å². The molecule has 0 spiro atoms. The van der Waals surface area contributed by atoms with E-state index in [-0.39, 0.29) is 11.8 Å². The Morgan fingerprint density at radius 3 is 2.17 bits per heavy atom. The van der Waals surface area contributed by atoms with Crippen molar-refractivity contribution < 1.29 is 5.11 Å². The maximum atomic E-state index is 11.2. The SMILES string of the molecule is Cc1cc(C)c(NC(c2ccccc2)c2ccc3ccc(C)nc3c2O)c(C)c1. The molecule has 0 aliphatic heterocycles. The van der Waals surface area contributed by atoms with E-state index in [1.165, 1.54) is 16.7 Å². The first-order valence-electron chi connectivity index (χ1n) is 9.92. The smallest absolute Gasteiger partial charge is 0.147 e. The fourth-order valence-electron chi connectivity index (χ4n) is 4.06. The number of phenols is 1. The summed E-state index contributed by atoms with van der Waals surface area (Å²) in [4.78, 5) is 4.59. The van der Waals surface area contributed by atoms with Gasteiger partial charge in [0.25, 0.3) is 0 Å². The summed E-state index contributed by atoms with van der Waals surface area (Å²) in [5.74, 6) is 0.231. The number of anilines is 1. The van der Waals surface area contributed by atoms with Crippen LogP contribution in [0, 0.1) is 27.7 Å². The van der Waals surface area contributed by atoms with Gasteiger partial charge in [-0.15, -0.1) is 0 Å². The minimum atomic E-state index is -0.192. The van der Waals surface area contributed by atoms with Gasteiger partial charge >= 0.3 is 0 Å². The molecule has 0 fully saturated rings. The minimum Gasteiger partial charge on any atom is -0.505 e. The van der Waals surface area contributed by atoms with Crippen LogP contribution in [0.3, 0.4) is 0 Å². The van der Waals surface area contributed by atoms with E-state index < -0.39 is 0 Å². The summed E-state index contributed by atoms with van der Waals surface area (Å²) in [5, 5.41) is 15.8. The molecule has 1 heterocycles. The van der Waals surface area contributed by atoms with Gasteiger partial charge in [0.2, 0.25) is 0 Å². The van der Waals surface area contributed by atoms with Crippen molar-refractivity contribution in [2.24, 2.45) is 0 Å². The number of aryl methyl sites for hydroxylation is 4. The summed E-state index contributed by atoms with van der Waals surface area (Å²) < 4.78 is 0. The third kappa shape index (κ3) is 3.68. The molecule has 0 radical (unpaired) electrons. The number of rotatable bonds is 4. The number of pyridine rings is 1. The molecule has 3 aromatic carbocycles. The molecule has 29 heavy (non-hydrogen) atoms. The average molecular weight is 383 g/mol. The predicted molar refractivity (Wildman–Crippen MR) is 121 cm³/mol. The largest absolute Gasteiger partial charge is 0.505 e. The van der Waals surface area contributed by atoms with E-state index in [4.69, 9.17) is 0 Å². The molecule has 1 aromatic heterocycles. The molecule has 3 nitrogen and oxygen atoms in total. The van der Waals surface area contributed by atoms with Gasteiger partial charge in [0.1, 0.15) is 11.3 Å². The molecule has 1 unspecified atom stereocenters. The number of hydrogen-bond donors (Lipinski definition) is 2. The monoisotopic (exact) mass is 382 g/mol. The summed E-state index contributed by atoms with van der Waals surface area (Å²) in [6.07, 6.45) is 0. The molecule has 0 bridgehead atoms. The molecule has 0 aliphatic rings. The van der Waals surface area contributed by atoms with E-state index in [1.54, 1.807) is 0 Å². The van der Waals surface area contributed by atoms with Crippen LogP contribution in [0.25, 0.3) is 10.9 Å². The van der Waals surface area contributed by atoms with E-state index in [9.17, 15) is 5.11 Å². The van der Waals surface area contributed by atoms with Gasteiger partial charge in [-0.05, 0) is 50.5 Å².